The largest absolute Gasteiger partial charge is 0.497 e. The average Bonchev–Trinajstić information content (AvgIpc) is 2.58. The Morgan fingerprint density at radius 1 is 1.23 bits per heavy atom. The molecule has 0 aliphatic rings. The first-order chi connectivity index (χ1) is 10.7. The Bertz CT molecular complexity index is 632. The zero-order valence-corrected chi connectivity index (χ0v) is 12.6. The number of nitrogens with one attached hydrogen (secondary N) is 1. The lowest BCUT2D eigenvalue weighted by molar-refractivity contribution is -0.116. The number of amides is 1. The first-order valence-corrected chi connectivity index (χ1v) is 6.79. The van der Waals surface area contributed by atoms with Crippen molar-refractivity contribution in [2.24, 2.45) is 0 Å². The topological polar surface area (TPSA) is 60.5 Å². The highest BCUT2D eigenvalue weighted by atomic mass is 16.5. The van der Waals surface area contributed by atoms with Crippen LogP contribution in [0.2, 0.25) is 0 Å². The number of benzene rings is 1. The Kier molecular flexibility index (Phi) is 5.54. The average molecular weight is 298 g/mol. The number of aromatic nitrogens is 1. The molecule has 1 N–H and O–H groups in total. The molecule has 0 fully saturated rings. The third kappa shape index (κ3) is 4.63. The summed E-state index contributed by atoms with van der Waals surface area (Å²) >= 11 is 0. The molecule has 1 heterocycles. The van der Waals surface area contributed by atoms with E-state index < -0.39 is 0 Å². The molecule has 2 aromatic rings. The SMILES string of the molecule is COc1cc(/C=C/C(=O)NCc2cccnc2)cc(OC)c1. The second-order valence-corrected chi connectivity index (χ2v) is 4.56. The second kappa shape index (κ2) is 7.83. The van der Waals surface area contributed by atoms with Crippen LogP contribution in [0, 0.1) is 0 Å². The van der Waals surface area contributed by atoms with Crippen LogP contribution in [0.3, 0.4) is 0 Å². The van der Waals surface area contributed by atoms with Crippen molar-refractivity contribution in [2.45, 2.75) is 6.54 Å². The van der Waals surface area contributed by atoms with E-state index in [1.54, 1.807) is 38.8 Å². The van der Waals surface area contributed by atoms with Crippen LogP contribution < -0.4 is 14.8 Å². The molecule has 0 unspecified atom stereocenters. The molecule has 0 aliphatic heterocycles. The fourth-order valence-electron chi connectivity index (χ4n) is 1.85. The molecule has 1 aromatic heterocycles. The molecule has 0 spiro atoms. The molecule has 1 aromatic carbocycles. The second-order valence-electron chi connectivity index (χ2n) is 4.56. The normalized spacial score (nSPS) is 10.5. The minimum atomic E-state index is -0.175. The van der Waals surface area contributed by atoms with Crippen LogP contribution in [0.15, 0.2) is 48.8 Å². The molecule has 0 bridgehead atoms. The maximum Gasteiger partial charge on any atom is 0.244 e. The predicted octanol–water partition coefficient (Wildman–Crippen LogP) is 2.43. The van der Waals surface area contributed by atoms with E-state index in [2.05, 4.69) is 10.3 Å². The minimum Gasteiger partial charge on any atom is -0.497 e. The highest BCUT2D eigenvalue weighted by Crippen LogP contribution is 2.23. The maximum atomic E-state index is 11.8. The van der Waals surface area contributed by atoms with Gasteiger partial charge in [0.05, 0.1) is 14.2 Å². The lowest BCUT2D eigenvalue weighted by Gasteiger charge is -2.06. The Morgan fingerprint density at radius 3 is 2.55 bits per heavy atom. The van der Waals surface area contributed by atoms with Crippen molar-refractivity contribution in [2.75, 3.05) is 14.2 Å². The van der Waals surface area contributed by atoms with E-state index in [1.807, 2.05) is 24.3 Å². The van der Waals surface area contributed by atoms with Crippen LogP contribution >= 0.6 is 0 Å². The van der Waals surface area contributed by atoms with Gasteiger partial charge in [-0.1, -0.05) is 6.07 Å². The smallest absolute Gasteiger partial charge is 0.244 e. The summed E-state index contributed by atoms with van der Waals surface area (Å²) in [5, 5.41) is 2.80. The Morgan fingerprint density at radius 2 is 1.95 bits per heavy atom. The number of carbonyl (C=O) groups excluding carboxylic acids is 1. The van der Waals surface area contributed by atoms with Crippen LogP contribution in [0.25, 0.3) is 6.08 Å². The van der Waals surface area contributed by atoms with E-state index in [0.29, 0.717) is 18.0 Å². The Hall–Kier alpha value is -2.82. The van der Waals surface area contributed by atoms with Gasteiger partial charge < -0.3 is 14.8 Å². The monoisotopic (exact) mass is 298 g/mol. The van der Waals surface area contributed by atoms with Crippen molar-refractivity contribution in [3.05, 3.63) is 59.9 Å². The summed E-state index contributed by atoms with van der Waals surface area (Å²) in [6.45, 7) is 0.443. The summed E-state index contributed by atoms with van der Waals surface area (Å²) < 4.78 is 10.4. The van der Waals surface area contributed by atoms with Gasteiger partial charge in [-0.25, -0.2) is 0 Å². The minimum absolute atomic E-state index is 0.175. The molecule has 5 heteroatoms. The van der Waals surface area contributed by atoms with Crippen molar-refractivity contribution >= 4 is 12.0 Å². The van der Waals surface area contributed by atoms with Crippen molar-refractivity contribution in [3.8, 4) is 11.5 Å². The summed E-state index contributed by atoms with van der Waals surface area (Å²) in [6, 6.07) is 9.17. The molecule has 0 saturated heterocycles. The third-order valence-electron chi connectivity index (χ3n) is 2.99. The van der Waals surface area contributed by atoms with E-state index in [9.17, 15) is 4.79 Å². The maximum absolute atomic E-state index is 11.8. The van der Waals surface area contributed by atoms with Gasteiger partial charge in [-0.3, -0.25) is 9.78 Å². The third-order valence-corrected chi connectivity index (χ3v) is 2.99. The Balaban J connectivity index is 1.97. The molecule has 0 radical (unpaired) electrons. The summed E-state index contributed by atoms with van der Waals surface area (Å²) in [5.41, 5.74) is 1.78. The highest BCUT2D eigenvalue weighted by Gasteiger charge is 2.01. The summed E-state index contributed by atoms with van der Waals surface area (Å²) in [4.78, 5) is 15.8. The van der Waals surface area contributed by atoms with E-state index in [0.717, 1.165) is 11.1 Å². The van der Waals surface area contributed by atoms with Gasteiger partial charge in [0.1, 0.15) is 11.5 Å². The lowest BCUT2D eigenvalue weighted by atomic mass is 10.2. The number of ether oxygens (including phenoxy) is 2. The number of nitrogens with zero attached hydrogens (tertiary/aromatic N) is 1. The van der Waals surface area contributed by atoms with E-state index >= 15 is 0 Å². The Labute approximate surface area is 129 Å². The first-order valence-electron chi connectivity index (χ1n) is 6.79. The quantitative estimate of drug-likeness (QED) is 0.832. The molecule has 2 rings (SSSR count). The van der Waals surface area contributed by atoms with E-state index in [-0.39, 0.29) is 5.91 Å². The number of methoxy groups -OCH3 is 2. The van der Waals surface area contributed by atoms with Crippen molar-refractivity contribution in [1.29, 1.82) is 0 Å². The first kappa shape index (κ1) is 15.6. The van der Waals surface area contributed by atoms with Crippen LogP contribution in [-0.2, 0) is 11.3 Å². The molecule has 22 heavy (non-hydrogen) atoms. The van der Waals surface area contributed by atoms with Crippen LogP contribution in [0.4, 0.5) is 0 Å². The van der Waals surface area contributed by atoms with Crippen molar-refractivity contribution in [1.82, 2.24) is 10.3 Å². The van der Waals surface area contributed by atoms with E-state index in [4.69, 9.17) is 9.47 Å². The van der Waals surface area contributed by atoms with Crippen LogP contribution in [0.5, 0.6) is 11.5 Å². The molecule has 5 nitrogen and oxygen atoms in total. The fourth-order valence-corrected chi connectivity index (χ4v) is 1.85. The summed E-state index contributed by atoms with van der Waals surface area (Å²) in [7, 11) is 3.17. The summed E-state index contributed by atoms with van der Waals surface area (Å²) in [6.07, 6.45) is 6.60. The molecule has 0 saturated carbocycles. The van der Waals surface area contributed by atoms with Gasteiger partial charge in [0.2, 0.25) is 5.91 Å². The van der Waals surface area contributed by atoms with Gasteiger partial charge in [0.25, 0.3) is 0 Å². The van der Waals surface area contributed by atoms with Crippen molar-refractivity contribution in [3.63, 3.8) is 0 Å². The number of pyridine rings is 1. The molecule has 0 atom stereocenters. The lowest BCUT2D eigenvalue weighted by Crippen LogP contribution is -2.20. The molecule has 1 amide bonds. The van der Waals surface area contributed by atoms with Crippen molar-refractivity contribution < 1.29 is 14.3 Å². The highest BCUT2D eigenvalue weighted by molar-refractivity contribution is 5.91. The van der Waals surface area contributed by atoms with Gasteiger partial charge in [-0.05, 0) is 35.4 Å². The number of carbonyl (C=O) groups is 1. The zero-order chi connectivity index (χ0) is 15.8. The molecular weight excluding hydrogens is 280 g/mol. The van der Waals surface area contributed by atoms with Gasteiger partial charge >= 0.3 is 0 Å². The predicted molar refractivity (Wildman–Crippen MR) is 84.7 cm³/mol. The fraction of sp³-hybridized carbons (Fsp3) is 0.176. The van der Waals surface area contributed by atoms with Gasteiger partial charge in [0, 0.05) is 31.1 Å². The molecular formula is C17H18N2O3. The van der Waals surface area contributed by atoms with Crippen LogP contribution in [-0.4, -0.2) is 25.1 Å². The van der Waals surface area contributed by atoms with Gasteiger partial charge in [0.15, 0.2) is 0 Å². The van der Waals surface area contributed by atoms with Gasteiger partial charge in [-0.2, -0.15) is 0 Å². The number of hydrogen-bond donors (Lipinski definition) is 1. The van der Waals surface area contributed by atoms with Gasteiger partial charge in [-0.15, -0.1) is 0 Å². The number of hydrogen-bond acceptors (Lipinski definition) is 4. The zero-order valence-electron chi connectivity index (χ0n) is 12.6. The molecule has 0 aliphatic carbocycles. The summed E-state index contributed by atoms with van der Waals surface area (Å²) in [5.74, 6) is 1.18. The standard InChI is InChI=1S/C17H18N2O3/c1-21-15-8-13(9-16(10-15)22-2)5-6-17(20)19-12-14-4-3-7-18-11-14/h3-11H,12H2,1-2H3,(H,19,20)/b6-5+. The van der Waals surface area contributed by atoms with E-state index in [1.165, 1.54) is 6.08 Å². The van der Waals surface area contributed by atoms with Crippen LogP contribution in [0.1, 0.15) is 11.1 Å². The molecule has 114 valence electrons. The number of rotatable bonds is 6.